The van der Waals surface area contributed by atoms with Gasteiger partial charge in [0.1, 0.15) is 5.82 Å². The van der Waals surface area contributed by atoms with Gasteiger partial charge in [-0.3, -0.25) is 5.84 Å². The normalized spacial score (nSPS) is 10.9. The van der Waals surface area contributed by atoms with Gasteiger partial charge in [0.05, 0.1) is 16.9 Å². The van der Waals surface area contributed by atoms with Crippen LogP contribution in [-0.2, 0) is 0 Å². The number of fused-ring (bicyclic) bond motifs is 1. The fourth-order valence-electron chi connectivity index (χ4n) is 2.71. The highest BCUT2D eigenvalue weighted by Crippen LogP contribution is 2.34. The number of hydrogen-bond acceptors (Lipinski definition) is 3. The smallest absolute Gasteiger partial charge is 0.125 e. The monoisotopic (exact) mass is 281 g/mol. The first kappa shape index (κ1) is 13.5. The molecule has 0 aliphatic rings. The van der Waals surface area contributed by atoms with Crippen molar-refractivity contribution in [3.05, 3.63) is 59.4 Å². The zero-order valence-corrected chi connectivity index (χ0v) is 11.9. The third-order valence-electron chi connectivity index (χ3n) is 3.68. The molecule has 3 nitrogen and oxygen atoms in total. The molecule has 0 atom stereocenters. The molecule has 3 N–H and O–H groups in total. The van der Waals surface area contributed by atoms with Crippen LogP contribution in [0.2, 0.25) is 0 Å². The number of hydrogen-bond donors (Lipinski definition) is 2. The van der Waals surface area contributed by atoms with Gasteiger partial charge in [-0.05, 0) is 25.5 Å². The molecule has 0 spiro atoms. The molecule has 21 heavy (non-hydrogen) atoms. The number of benzene rings is 2. The number of rotatable bonds is 2. The molecule has 1 heterocycles. The number of hydrazine groups is 1. The van der Waals surface area contributed by atoms with E-state index < -0.39 is 0 Å². The van der Waals surface area contributed by atoms with E-state index in [9.17, 15) is 4.39 Å². The molecule has 0 radical (unpaired) electrons. The molecule has 0 saturated heterocycles. The highest BCUT2D eigenvalue weighted by Gasteiger charge is 2.15. The number of pyridine rings is 1. The van der Waals surface area contributed by atoms with Gasteiger partial charge in [-0.1, -0.05) is 30.3 Å². The van der Waals surface area contributed by atoms with Gasteiger partial charge in [-0.25, -0.2) is 9.37 Å². The Morgan fingerprint density at radius 1 is 1.10 bits per heavy atom. The van der Waals surface area contributed by atoms with E-state index in [1.165, 1.54) is 12.1 Å². The van der Waals surface area contributed by atoms with Gasteiger partial charge >= 0.3 is 0 Å². The van der Waals surface area contributed by atoms with E-state index in [4.69, 9.17) is 5.84 Å². The van der Waals surface area contributed by atoms with Crippen LogP contribution in [0.25, 0.3) is 22.2 Å². The molecule has 4 heteroatoms. The van der Waals surface area contributed by atoms with E-state index in [2.05, 4.69) is 10.4 Å². The van der Waals surface area contributed by atoms with Gasteiger partial charge < -0.3 is 5.43 Å². The summed E-state index contributed by atoms with van der Waals surface area (Å²) in [5, 5.41) is 0.857. The lowest BCUT2D eigenvalue weighted by Crippen LogP contribution is -2.11. The van der Waals surface area contributed by atoms with E-state index in [1.54, 1.807) is 0 Å². The van der Waals surface area contributed by atoms with Gasteiger partial charge in [-0.15, -0.1) is 0 Å². The molecule has 0 fully saturated rings. The first-order valence-corrected chi connectivity index (χ1v) is 6.74. The van der Waals surface area contributed by atoms with Crippen LogP contribution < -0.4 is 11.3 Å². The molecule has 106 valence electrons. The van der Waals surface area contributed by atoms with Crippen LogP contribution in [-0.4, -0.2) is 4.98 Å². The first-order chi connectivity index (χ1) is 10.1. The summed E-state index contributed by atoms with van der Waals surface area (Å²) >= 11 is 0. The van der Waals surface area contributed by atoms with Crippen LogP contribution in [0.3, 0.4) is 0 Å². The minimum absolute atomic E-state index is 0.293. The average molecular weight is 281 g/mol. The zero-order valence-electron chi connectivity index (χ0n) is 11.9. The average Bonchev–Trinajstić information content (AvgIpc) is 2.48. The summed E-state index contributed by atoms with van der Waals surface area (Å²) in [5.74, 6) is 5.41. The fourth-order valence-corrected chi connectivity index (χ4v) is 2.71. The molecule has 3 aromatic rings. The van der Waals surface area contributed by atoms with Crippen molar-refractivity contribution in [2.45, 2.75) is 13.8 Å². The predicted octanol–water partition coefficient (Wildman–Crippen LogP) is 3.94. The molecule has 3 rings (SSSR count). The van der Waals surface area contributed by atoms with Gasteiger partial charge in [0.2, 0.25) is 0 Å². The van der Waals surface area contributed by atoms with Crippen LogP contribution in [0.4, 0.5) is 10.1 Å². The maximum Gasteiger partial charge on any atom is 0.125 e. The van der Waals surface area contributed by atoms with Crippen molar-refractivity contribution in [3.8, 4) is 11.3 Å². The lowest BCUT2D eigenvalue weighted by molar-refractivity contribution is 0.628. The first-order valence-electron chi connectivity index (χ1n) is 6.74. The molecule has 2 aromatic carbocycles. The quantitative estimate of drug-likeness (QED) is 0.552. The number of aromatic nitrogens is 1. The Bertz CT molecular complexity index is 813. The Hall–Kier alpha value is -2.46. The highest BCUT2D eigenvalue weighted by atomic mass is 19.1. The Balaban J connectivity index is 2.41. The van der Waals surface area contributed by atoms with Crippen molar-refractivity contribution in [3.63, 3.8) is 0 Å². The van der Waals surface area contributed by atoms with Crippen molar-refractivity contribution in [1.82, 2.24) is 4.98 Å². The van der Waals surface area contributed by atoms with E-state index in [1.807, 2.05) is 44.2 Å². The summed E-state index contributed by atoms with van der Waals surface area (Å²) in [4.78, 5) is 4.64. The SMILES string of the molecule is Cc1c(-c2ccccc2)nc2cc(F)cc(C)c2c1NN. The Morgan fingerprint density at radius 2 is 1.81 bits per heavy atom. The fraction of sp³-hybridized carbons (Fsp3) is 0.118. The Labute approximate surface area is 122 Å². The van der Waals surface area contributed by atoms with Crippen molar-refractivity contribution < 1.29 is 4.39 Å². The lowest BCUT2D eigenvalue weighted by Gasteiger charge is -2.15. The number of nitrogens with two attached hydrogens (primary N) is 1. The zero-order chi connectivity index (χ0) is 15.0. The highest BCUT2D eigenvalue weighted by molar-refractivity contribution is 5.98. The number of halogens is 1. The number of nitrogen functional groups attached to an aromatic ring is 1. The summed E-state index contributed by atoms with van der Waals surface area (Å²) in [6, 6.07) is 12.7. The summed E-state index contributed by atoms with van der Waals surface area (Å²) in [5.41, 5.74) is 7.69. The summed E-state index contributed by atoms with van der Waals surface area (Å²) in [6.45, 7) is 3.82. The number of nitrogens with one attached hydrogen (secondary N) is 1. The summed E-state index contributed by atoms with van der Waals surface area (Å²) < 4.78 is 13.7. The van der Waals surface area contributed by atoms with Crippen LogP contribution in [0, 0.1) is 19.7 Å². The Morgan fingerprint density at radius 3 is 2.48 bits per heavy atom. The summed E-state index contributed by atoms with van der Waals surface area (Å²) in [6.07, 6.45) is 0. The minimum Gasteiger partial charge on any atom is -0.323 e. The largest absolute Gasteiger partial charge is 0.323 e. The molecule has 0 aliphatic carbocycles. The van der Waals surface area contributed by atoms with Gasteiger partial charge in [-0.2, -0.15) is 0 Å². The van der Waals surface area contributed by atoms with E-state index in [-0.39, 0.29) is 5.82 Å². The molecule has 0 aliphatic heterocycles. The second-order valence-corrected chi connectivity index (χ2v) is 5.09. The second kappa shape index (κ2) is 5.14. The lowest BCUT2D eigenvalue weighted by atomic mass is 9.99. The summed E-state index contributed by atoms with van der Waals surface area (Å²) in [7, 11) is 0. The molecular formula is C17H16FN3. The third kappa shape index (κ3) is 2.23. The maximum absolute atomic E-state index is 13.7. The van der Waals surface area contributed by atoms with Crippen molar-refractivity contribution in [2.24, 2.45) is 5.84 Å². The van der Waals surface area contributed by atoms with Crippen molar-refractivity contribution in [1.29, 1.82) is 0 Å². The molecule has 0 amide bonds. The van der Waals surface area contributed by atoms with Crippen molar-refractivity contribution >= 4 is 16.6 Å². The Kier molecular flexibility index (Phi) is 3.31. The molecule has 0 unspecified atom stereocenters. The standard InChI is InChI=1S/C17H16FN3/c1-10-8-13(18)9-14-15(10)17(21-19)11(2)16(20-14)12-6-4-3-5-7-12/h3-9H,19H2,1-2H3,(H,20,21). The third-order valence-corrected chi connectivity index (χ3v) is 3.68. The van der Waals surface area contributed by atoms with Gasteiger partial charge in [0, 0.05) is 22.6 Å². The van der Waals surface area contributed by atoms with Crippen LogP contribution in [0.1, 0.15) is 11.1 Å². The van der Waals surface area contributed by atoms with E-state index in [0.717, 1.165) is 33.5 Å². The number of anilines is 1. The van der Waals surface area contributed by atoms with Crippen LogP contribution in [0.5, 0.6) is 0 Å². The molecule has 1 aromatic heterocycles. The predicted molar refractivity (Wildman–Crippen MR) is 84.4 cm³/mol. The molecule has 0 bridgehead atoms. The second-order valence-electron chi connectivity index (χ2n) is 5.09. The minimum atomic E-state index is -0.293. The number of aryl methyl sites for hydroxylation is 1. The molecule has 0 saturated carbocycles. The van der Waals surface area contributed by atoms with E-state index >= 15 is 0 Å². The van der Waals surface area contributed by atoms with E-state index in [0.29, 0.717) is 5.52 Å². The van der Waals surface area contributed by atoms with Gasteiger partial charge in [0.25, 0.3) is 0 Å². The van der Waals surface area contributed by atoms with Crippen molar-refractivity contribution in [2.75, 3.05) is 5.43 Å². The van der Waals surface area contributed by atoms with Crippen LogP contribution in [0.15, 0.2) is 42.5 Å². The molecular weight excluding hydrogens is 265 g/mol. The van der Waals surface area contributed by atoms with Gasteiger partial charge in [0.15, 0.2) is 0 Å². The van der Waals surface area contributed by atoms with Crippen LogP contribution >= 0.6 is 0 Å². The number of nitrogens with zero attached hydrogens (tertiary/aromatic N) is 1. The topological polar surface area (TPSA) is 50.9 Å². The maximum atomic E-state index is 13.7.